The minimum absolute atomic E-state index is 0.178. The Morgan fingerprint density at radius 2 is 1.93 bits per heavy atom. The third-order valence-corrected chi connectivity index (χ3v) is 3.11. The molecule has 1 fully saturated rings. The van der Waals surface area contributed by atoms with Crippen LogP contribution in [-0.2, 0) is 4.79 Å². The lowest BCUT2D eigenvalue weighted by Crippen LogP contribution is -2.39. The molecule has 5 heteroatoms. The Balaban J connectivity index is 2.29. The van der Waals surface area contributed by atoms with Gasteiger partial charge in [0.1, 0.15) is 5.78 Å². The fourth-order valence-electron chi connectivity index (χ4n) is 1.92. The maximum Gasteiger partial charge on any atom is 0.389 e. The molecule has 0 aromatic rings. The van der Waals surface area contributed by atoms with Crippen molar-refractivity contribution in [2.45, 2.75) is 44.7 Å². The number of ketones is 1. The third-order valence-electron chi connectivity index (χ3n) is 3.11. The van der Waals surface area contributed by atoms with Crippen LogP contribution in [0.5, 0.6) is 0 Å². The van der Waals surface area contributed by atoms with Gasteiger partial charge in [-0.3, -0.25) is 4.79 Å². The van der Waals surface area contributed by atoms with Crippen LogP contribution >= 0.6 is 0 Å². The first-order valence-corrected chi connectivity index (χ1v) is 5.15. The molecule has 0 radical (unpaired) electrons. The normalized spacial score (nSPS) is 19.7. The topological polar surface area (TPSA) is 43.1 Å². The second-order valence-electron chi connectivity index (χ2n) is 4.39. The quantitative estimate of drug-likeness (QED) is 0.777. The number of hydrogen-bond donors (Lipinski definition) is 1. The van der Waals surface area contributed by atoms with Crippen LogP contribution in [0.2, 0.25) is 0 Å². The molecule has 88 valence electrons. The van der Waals surface area contributed by atoms with Crippen molar-refractivity contribution in [3.8, 4) is 0 Å². The molecule has 2 N–H and O–H groups in total. The first-order valence-electron chi connectivity index (χ1n) is 5.15. The van der Waals surface area contributed by atoms with E-state index in [1.54, 1.807) is 0 Å². The van der Waals surface area contributed by atoms with E-state index in [2.05, 4.69) is 0 Å². The summed E-state index contributed by atoms with van der Waals surface area (Å²) in [5.74, 6) is -0.308. The fourth-order valence-corrected chi connectivity index (χ4v) is 1.92. The molecule has 0 spiro atoms. The number of halogens is 3. The van der Waals surface area contributed by atoms with E-state index in [0.717, 1.165) is 19.3 Å². The van der Waals surface area contributed by atoms with Crippen LogP contribution < -0.4 is 5.73 Å². The van der Waals surface area contributed by atoms with Crippen molar-refractivity contribution in [1.82, 2.24) is 0 Å². The van der Waals surface area contributed by atoms with Gasteiger partial charge in [0.05, 0.1) is 6.42 Å². The predicted octanol–water partition coefficient (Wildman–Crippen LogP) is 2.42. The number of hydrogen-bond acceptors (Lipinski definition) is 2. The van der Waals surface area contributed by atoms with Gasteiger partial charge < -0.3 is 5.73 Å². The van der Waals surface area contributed by atoms with Crippen LogP contribution in [0.15, 0.2) is 0 Å². The van der Waals surface area contributed by atoms with E-state index in [9.17, 15) is 18.0 Å². The maximum atomic E-state index is 11.8. The molecule has 1 rings (SSSR count). The average molecular weight is 223 g/mol. The van der Waals surface area contributed by atoms with Gasteiger partial charge in [0.15, 0.2) is 0 Å². The van der Waals surface area contributed by atoms with Crippen molar-refractivity contribution < 1.29 is 18.0 Å². The molecule has 0 bridgehead atoms. The Bertz CT molecular complexity index is 228. The second kappa shape index (κ2) is 4.51. The maximum absolute atomic E-state index is 11.8. The predicted molar refractivity (Wildman–Crippen MR) is 50.3 cm³/mol. The smallest absolute Gasteiger partial charge is 0.330 e. The van der Waals surface area contributed by atoms with Gasteiger partial charge in [-0.2, -0.15) is 13.2 Å². The number of carbonyl (C=O) groups excluding carboxylic acids is 1. The molecule has 1 aliphatic rings. The summed E-state index contributed by atoms with van der Waals surface area (Å²) in [5, 5.41) is 0. The molecule has 0 unspecified atom stereocenters. The van der Waals surface area contributed by atoms with Crippen LogP contribution in [-0.4, -0.2) is 18.5 Å². The molecule has 0 aromatic carbocycles. The summed E-state index contributed by atoms with van der Waals surface area (Å²) in [6.45, 7) is 0.407. The average Bonchev–Trinajstić information content (AvgIpc) is 2.07. The summed E-state index contributed by atoms with van der Waals surface area (Å²) < 4.78 is 35.5. The zero-order valence-corrected chi connectivity index (χ0v) is 8.57. The van der Waals surface area contributed by atoms with Crippen LogP contribution in [0.25, 0.3) is 0 Å². The number of Topliss-reactive ketones (excluding diaryl/α,β-unsaturated/α-hetero) is 1. The first kappa shape index (κ1) is 12.5. The van der Waals surface area contributed by atoms with Gasteiger partial charge in [0.2, 0.25) is 0 Å². The van der Waals surface area contributed by atoms with Crippen LogP contribution in [0.4, 0.5) is 13.2 Å². The Morgan fingerprint density at radius 1 is 1.33 bits per heavy atom. The van der Waals surface area contributed by atoms with Crippen LogP contribution in [0.3, 0.4) is 0 Å². The Morgan fingerprint density at radius 3 is 2.27 bits per heavy atom. The Labute approximate surface area is 87.0 Å². The zero-order chi connectivity index (χ0) is 11.5. The first-order chi connectivity index (χ1) is 6.87. The van der Waals surface area contributed by atoms with Gasteiger partial charge in [-0.05, 0) is 24.8 Å². The van der Waals surface area contributed by atoms with E-state index >= 15 is 0 Å². The molecule has 15 heavy (non-hydrogen) atoms. The molecule has 1 aliphatic carbocycles. The van der Waals surface area contributed by atoms with E-state index in [-0.39, 0.29) is 17.6 Å². The molecule has 2 nitrogen and oxygen atoms in total. The second-order valence-corrected chi connectivity index (χ2v) is 4.39. The molecule has 0 atom stereocenters. The number of alkyl halides is 3. The van der Waals surface area contributed by atoms with Gasteiger partial charge in [-0.25, -0.2) is 0 Å². The summed E-state index contributed by atoms with van der Waals surface area (Å²) in [6, 6.07) is 0. The molecular weight excluding hydrogens is 207 g/mol. The van der Waals surface area contributed by atoms with Crippen molar-refractivity contribution in [3.05, 3.63) is 0 Å². The van der Waals surface area contributed by atoms with E-state index in [4.69, 9.17) is 5.73 Å². The Kier molecular flexibility index (Phi) is 3.76. The summed E-state index contributed by atoms with van der Waals surface area (Å²) in [4.78, 5) is 11.3. The highest BCUT2D eigenvalue weighted by molar-refractivity contribution is 5.79. The van der Waals surface area contributed by atoms with Gasteiger partial charge in [-0.1, -0.05) is 6.42 Å². The lowest BCUT2D eigenvalue weighted by Gasteiger charge is -2.40. The highest BCUT2D eigenvalue weighted by atomic mass is 19.4. The molecule has 1 saturated carbocycles. The fraction of sp³-hybridized carbons (Fsp3) is 0.900. The lowest BCUT2D eigenvalue weighted by molar-refractivity contribution is -0.144. The van der Waals surface area contributed by atoms with E-state index in [1.807, 2.05) is 0 Å². The molecule has 0 aliphatic heterocycles. The van der Waals surface area contributed by atoms with Crippen LogP contribution in [0.1, 0.15) is 38.5 Å². The number of carbonyl (C=O) groups is 1. The van der Waals surface area contributed by atoms with E-state index in [1.165, 1.54) is 0 Å². The van der Waals surface area contributed by atoms with Crippen molar-refractivity contribution in [3.63, 3.8) is 0 Å². The van der Waals surface area contributed by atoms with Gasteiger partial charge in [0, 0.05) is 12.8 Å². The summed E-state index contributed by atoms with van der Waals surface area (Å²) >= 11 is 0. The highest BCUT2D eigenvalue weighted by Gasteiger charge is 2.38. The largest absolute Gasteiger partial charge is 0.389 e. The molecule has 0 saturated heterocycles. The highest BCUT2D eigenvalue weighted by Crippen LogP contribution is 2.43. The number of nitrogens with two attached hydrogens (primary N) is 1. The van der Waals surface area contributed by atoms with Crippen molar-refractivity contribution >= 4 is 5.78 Å². The van der Waals surface area contributed by atoms with E-state index in [0.29, 0.717) is 6.54 Å². The lowest BCUT2D eigenvalue weighted by atomic mass is 9.66. The van der Waals surface area contributed by atoms with Gasteiger partial charge in [0.25, 0.3) is 0 Å². The minimum atomic E-state index is -4.23. The van der Waals surface area contributed by atoms with Gasteiger partial charge in [-0.15, -0.1) is 0 Å². The van der Waals surface area contributed by atoms with E-state index < -0.39 is 19.0 Å². The third kappa shape index (κ3) is 3.81. The van der Waals surface area contributed by atoms with Crippen molar-refractivity contribution in [1.29, 1.82) is 0 Å². The van der Waals surface area contributed by atoms with Crippen molar-refractivity contribution in [2.75, 3.05) is 6.54 Å². The summed E-state index contributed by atoms with van der Waals surface area (Å²) in [7, 11) is 0. The molecule has 0 heterocycles. The summed E-state index contributed by atoms with van der Waals surface area (Å²) in [5.41, 5.74) is 5.35. The van der Waals surface area contributed by atoms with Gasteiger partial charge >= 0.3 is 6.18 Å². The summed E-state index contributed by atoms with van der Waals surface area (Å²) in [6.07, 6.45) is -2.63. The zero-order valence-electron chi connectivity index (χ0n) is 8.57. The monoisotopic (exact) mass is 223 g/mol. The minimum Gasteiger partial charge on any atom is -0.330 e. The molecular formula is C10H16F3NO. The number of rotatable bonds is 5. The Hall–Kier alpha value is -0.580. The SMILES string of the molecule is NCC1(CC(=O)CCC(F)(F)F)CCC1. The molecule has 0 amide bonds. The molecule has 0 aromatic heterocycles. The standard InChI is InChI=1S/C10H16F3NO/c11-10(12,13)5-2-8(15)6-9(7-14)3-1-4-9/h1-7,14H2. The van der Waals surface area contributed by atoms with Crippen molar-refractivity contribution in [2.24, 2.45) is 11.1 Å². The van der Waals surface area contributed by atoms with Crippen LogP contribution in [0, 0.1) is 5.41 Å².